The molecule has 0 saturated heterocycles. The van der Waals surface area contributed by atoms with E-state index in [9.17, 15) is 9.18 Å². The van der Waals surface area contributed by atoms with Crippen molar-refractivity contribution in [2.24, 2.45) is 5.73 Å². The number of benzene rings is 1. The van der Waals surface area contributed by atoms with Crippen LogP contribution in [0.15, 0.2) is 45.3 Å². The maximum atomic E-state index is 13.8. The van der Waals surface area contributed by atoms with E-state index in [-0.39, 0.29) is 17.4 Å². The van der Waals surface area contributed by atoms with E-state index in [2.05, 4.69) is 9.97 Å². The first-order valence-corrected chi connectivity index (χ1v) is 6.17. The molecule has 18 heavy (non-hydrogen) atoms. The lowest BCUT2D eigenvalue weighted by atomic mass is 10.1. The zero-order chi connectivity index (χ0) is 13.1. The van der Waals surface area contributed by atoms with Crippen molar-refractivity contribution < 1.29 is 4.39 Å². The summed E-state index contributed by atoms with van der Waals surface area (Å²) >= 11 is 1.06. The Morgan fingerprint density at radius 2 is 2.22 bits per heavy atom. The molecule has 0 fully saturated rings. The molecule has 0 unspecified atom stereocenters. The number of aromatic nitrogens is 2. The van der Waals surface area contributed by atoms with E-state index < -0.39 is 0 Å². The first-order valence-electron chi connectivity index (χ1n) is 5.35. The summed E-state index contributed by atoms with van der Waals surface area (Å²) in [6.45, 7) is 1.78. The fourth-order valence-electron chi connectivity index (χ4n) is 1.49. The third-order valence-electron chi connectivity index (χ3n) is 2.33. The quantitative estimate of drug-likeness (QED) is 0.833. The summed E-state index contributed by atoms with van der Waals surface area (Å²) in [5.74, 6) is -0.374. The van der Waals surface area contributed by atoms with Crippen LogP contribution in [0.2, 0.25) is 0 Å². The number of rotatable bonds is 3. The molecule has 6 heteroatoms. The van der Waals surface area contributed by atoms with Crippen molar-refractivity contribution in [3.05, 3.63) is 52.2 Å². The number of halogens is 1. The molecule has 0 aliphatic heterocycles. The second kappa shape index (κ2) is 5.32. The van der Waals surface area contributed by atoms with Crippen LogP contribution in [-0.2, 0) is 0 Å². The lowest BCUT2D eigenvalue weighted by molar-refractivity contribution is 0.591. The van der Waals surface area contributed by atoms with Gasteiger partial charge in [-0.25, -0.2) is 9.37 Å². The van der Waals surface area contributed by atoms with Crippen LogP contribution in [0.4, 0.5) is 4.39 Å². The predicted molar refractivity (Wildman–Crippen MR) is 68.0 cm³/mol. The van der Waals surface area contributed by atoms with Gasteiger partial charge >= 0.3 is 0 Å². The minimum atomic E-state index is -0.374. The van der Waals surface area contributed by atoms with Crippen LogP contribution >= 0.6 is 11.8 Å². The molecule has 0 spiro atoms. The summed E-state index contributed by atoms with van der Waals surface area (Å²) < 4.78 is 13.8. The van der Waals surface area contributed by atoms with Crippen LogP contribution < -0.4 is 11.3 Å². The van der Waals surface area contributed by atoms with Gasteiger partial charge in [0.2, 0.25) is 0 Å². The highest BCUT2D eigenvalue weighted by Gasteiger charge is 2.13. The molecule has 1 aromatic heterocycles. The summed E-state index contributed by atoms with van der Waals surface area (Å²) in [5.41, 5.74) is 6.21. The third kappa shape index (κ3) is 2.77. The second-order valence-electron chi connectivity index (χ2n) is 3.79. The zero-order valence-corrected chi connectivity index (χ0v) is 10.5. The van der Waals surface area contributed by atoms with Crippen molar-refractivity contribution >= 4 is 11.8 Å². The number of hydrogen-bond acceptors (Lipinski definition) is 4. The normalized spacial score (nSPS) is 12.4. The van der Waals surface area contributed by atoms with E-state index in [4.69, 9.17) is 5.73 Å². The SMILES string of the molecule is C[C@@H](N)c1cccc(F)c1Sc1nccc(=O)[nH]1. The highest BCUT2D eigenvalue weighted by Crippen LogP contribution is 2.32. The van der Waals surface area contributed by atoms with Crippen LogP contribution in [0.1, 0.15) is 18.5 Å². The molecule has 0 aliphatic carbocycles. The Morgan fingerprint density at radius 1 is 1.44 bits per heavy atom. The van der Waals surface area contributed by atoms with Crippen molar-refractivity contribution in [1.82, 2.24) is 9.97 Å². The van der Waals surface area contributed by atoms with E-state index in [1.807, 2.05) is 0 Å². The van der Waals surface area contributed by atoms with Crippen LogP contribution in [0.25, 0.3) is 0 Å². The molecule has 0 saturated carbocycles. The van der Waals surface area contributed by atoms with Gasteiger partial charge in [0.05, 0.1) is 4.90 Å². The van der Waals surface area contributed by atoms with Gasteiger partial charge in [0.25, 0.3) is 5.56 Å². The summed E-state index contributed by atoms with van der Waals surface area (Å²) in [6, 6.07) is 5.74. The molecular weight excluding hydrogens is 253 g/mol. The van der Waals surface area contributed by atoms with Gasteiger partial charge in [-0.2, -0.15) is 0 Å². The van der Waals surface area contributed by atoms with E-state index >= 15 is 0 Å². The lowest BCUT2D eigenvalue weighted by Crippen LogP contribution is -2.09. The fourth-order valence-corrected chi connectivity index (χ4v) is 2.49. The Bertz CT molecular complexity index is 612. The van der Waals surface area contributed by atoms with Gasteiger partial charge in [-0.3, -0.25) is 4.79 Å². The molecule has 2 rings (SSSR count). The van der Waals surface area contributed by atoms with Crippen molar-refractivity contribution in [3.63, 3.8) is 0 Å². The topological polar surface area (TPSA) is 71.8 Å². The Balaban J connectivity index is 2.42. The molecule has 94 valence electrons. The first kappa shape index (κ1) is 12.8. The van der Waals surface area contributed by atoms with Crippen molar-refractivity contribution in [2.45, 2.75) is 23.0 Å². The number of nitrogens with zero attached hydrogens (tertiary/aromatic N) is 1. The third-order valence-corrected chi connectivity index (χ3v) is 3.37. The fraction of sp³-hybridized carbons (Fsp3) is 0.167. The van der Waals surface area contributed by atoms with E-state index in [0.717, 1.165) is 11.8 Å². The van der Waals surface area contributed by atoms with E-state index in [1.165, 1.54) is 18.3 Å². The van der Waals surface area contributed by atoms with Gasteiger partial charge in [0.1, 0.15) is 5.82 Å². The molecule has 3 N–H and O–H groups in total. The molecule has 0 bridgehead atoms. The zero-order valence-electron chi connectivity index (χ0n) is 9.68. The largest absolute Gasteiger partial charge is 0.324 e. The maximum Gasteiger partial charge on any atom is 0.251 e. The predicted octanol–water partition coefficient (Wildman–Crippen LogP) is 2.08. The first-order chi connectivity index (χ1) is 8.58. The van der Waals surface area contributed by atoms with Gasteiger partial charge in [-0.05, 0) is 30.3 Å². The highest BCUT2D eigenvalue weighted by atomic mass is 32.2. The lowest BCUT2D eigenvalue weighted by Gasteiger charge is -2.12. The number of nitrogens with two attached hydrogens (primary N) is 1. The smallest absolute Gasteiger partial charge is 0.251 e. The highest BCUT2D eigenvalue weighted by molar-refractivity contribution is 7.99. The van der Waals surface area contributed by atoms with Crippen molar-refractivity contribution in [2.75, 3.05) is 0 Å². The van der Waals surface area contributed by atoms with Crippen LogP contribution in [0, 0.1) is 5.82 Å². The molecule has 4 nitrogen and oxygen atoms in total. The summed E-state index contributed by atoms with van der Waals surface area (Å²) in [7, 11) is 0. The molecule has 1 heterocycles. The van der Waals surface area contributed by atoms with Gasteiger partial charge in [-0.1, -0.05) is 12.1 Å². The minimum Gasteiger partial charge on any atom is -0.324 e. The van der Waals surface area contributed by atoms with Gasteiger partial charge in [0, 0.05) is 18.3 Å². The Labute approximate surface area is 107 Å². The molecule has 0 aliphatic rings. The number of hydrogen-bond donors (Lipinski definition) is 2. The van der Waals surface area contributed by atoms with E-state index in [1.54, 1.807) is 19.1 Å². The number of nitrogens with one attached hydrogen (secondary N) is 1. The average molecular weight is 265 g/mol. The second-order valence-corrected chi connectivity index (χ2v) is 4.79. The number of H-pyrrole nitrogens is 1. The summed E-state index contributed by atoms with van der Waals surface area (Å²) in [5, 5.41) is 0.342. The summed E-state index contributed by atoms with van der Waals surface area (Å²) in [4.78, 5) is 18.1. The molecule has 0 amide bonds. The van der Waals surface area contributed by atoms with Gasteiger partial charge in [0.15, 0.2) is 5.16 Å². The molecule has 1 atom stereocenters. The molecular formula is C12H12FN3OS. The monoisotopic (exact) mass is 265 g/mol. The Morgan fingerprint density at radius 3 is 2.89 bits per heavy atom. The minimum absolute atomic E-state index is 0.272. The van der Waals surface area contributed by atoms with Crippen LogP contribution in [-0.4, -0.2) is 9.97 Å². The van der Waals surface area contributed by atoms with Crippen molar-refractivity contribution in [1.29, 1.82) is 0 Å². The maximum absolute atomic E-state index is 13.8. The molecule has 1 aromatic carbocycles. The molecule has 0 radical (unpaired) electrons. The van der Waals surface area contributed by atoms with E-state index in [0.29, 0.717) is 15.6 Å². The summed E-state index contributed by atoms with van der Waals surface area (Å²) in [6.07, 6.45) is 1.38. The Hall–Kier alpha value is -1.66. The standard InChI is InChI=1S/C12H12FN3OS/c1-7(14)8-3-2-4-9(13)11(8)18-12-15-6-5-10(17)16-12/h2-7H,14H2,1H3,(H,15,16,17)/t7-/m1/s1. The van der Waals surface area contributed by atoms with Gasteiger partial charge < -0.3 is 10.7 Å². The average Bonchev–Trinajstić information content (AvgIpc) is 2.31. The molecule has 2 aromatic rings. The van der Waals surface area contributed by atoms with Gasteiger partial charge in [-0.15, -0.1) is 0 Å². The van der Waals surface area contributed by atoms with Crippen molar-refractivity contribution in [3.8, 4) is 0 Å². The number of aromatic amines is 1. The Kier molecular flexibility index (Phi) is 3.78. The van der Waals surface area contributed by atoms with Crippen LogP contribution in [0.5, 0.6) is 0 Å². The van der Waals surface area contributed by atoms with Crippen LogP contribution in [0.3, 0.4) is 0 Å².